The van der Waals surface area contributed by atoms with Crippen molar-refractivity contribution in [3.63, 3.8) is 0 Å². The summed E-state index contributed by atoms with van der Waals surface area (Å²) in [6, 6.07) is 0. The molecular formula is C6H10O. The topological polar surface area (TPSA) is 9.23 Å². The molecule has 1 aliphatic carbocycles. The lowest BCUT2D eigenvalue weighted by Crippen LogP contribution is -2.01. The van der Waals surface area contributed by atoms with Crippen molar-refractivity contribution in [1.29, 1.82) is 0 Å². The number of hydrogen-bond acceptors (Lipinski definition) is 1. The van der Waals surface area contributed by atoms with Gasteiger partial charge in [0, 0.05) is 0 Å². The first kappa shape index (κ1) is 4.69. The monoisotopic (exact) mass is 98.1 g/mol. The van der Waals surface area contributed by atoms with Crippen molar-refractivity contribution in [1.82, 2.24) is 0 Å². The van der Waals surface area contributed by atoms with E-state index in [4.69, 9.17) is 4.74 Å². The van der Waals surface area contributed by atoms with Gasteiger partial charge in [-0.1, -0.05) is 6.58 Å². The zero-order valence-corrected chi connectivity index (χ0v) is 4.61. The van der Waals surface area contributed by atoms with Crippen LogP contribution in [-0.2, 0) is 4.74 Å². The van der Waals surface area contributed by atoms with Gasteiger partial charge in [-0.05, 0) is 19.8 Å². The van der Waals surface area contributed by atoms with E-state index in [0.29, 0.717) is 0 Å². The second-order valence-electron chi connectivity index (χ2n) is 2.23. The predicted octanol–water partition coefficient (Wildman–Crippen LogP) is 1.70. The van der Waals surface area contributed by atoms with Crippen molar-refractivity contribution in [2.75, 3.05) is 0 Å². The maximum Gasteiger partial charge on any atom is 0.106 e. The first-order chi connectivity index (χ1) is 3.27. The summed E-state index contributed by atoms with van der Waals surface area (Å²) in [6.45, 7) is 5.56. The highest BCUT2D eigenvalue weighted by Crippen LogP contribution is 2.38. The van der Waals surface area contributed by atoms with Crippen molar-refractivity contribution >= 4 is 0 Å². The minimum absolute atomic E-state index is 0.182. The molecule has 0 amide bonds. The summed E-state index contributed by atoms with van der Waals surface area (Å²) in [5.41, 5.74) is 0.182. The molecule has 0 aromatic carbocycles. The number of rotatable bonds is 2. The van der Waals surface area contributed by atoms with Crippen LogP contribution in [0.1, 0.15) is 19.8 Å². The van der Waals surface area contributed by atoms with Crippen LogP contribution >= 0.6 is 0 Å². The SMILES string of the molecule is C=COC1(C)CC1. The predicted molar refractivity (Wildman–Crippen MR) is 28.9 cm³/mol. The van der Waals surface area contributed by atoms with E-state index in [-0.39, 0.29) is 5.60 Å². The highest BCUT2D eigenvalue weighted by molar-refractivity contribution is 4.92. The van der Waals surface area contributed by atoms with Crippen LogP contribution in [0.2, 0.25) is 0 Å². The fourth-order valence-corrected chi connectivity index (χ4v) is 0.495. The van der Waals surface area contributed by atoms with Crippen molar-refractivity contribution < 1.29 is 4.74 Å². The lowest BCUT2D eigenvalue weighted by Gasteiger charge is -2.04. The summed E-state index contributed by atoms with van der Waals surface area (Å²) in [6.07, 6.45) is 3.91. The van der Waals surface area contributed by atoms with Gasteiger partial charge in [-0.25, -0.2) is 0 Å². The maximum absolute atomic E-state index is 5.10. The molecule has 40 valence electrons. The molecule has 0 spiro atoms. The van der Waals surface area contributed by atoms with Gasteiger partial charge in [0.25, 0.3) is 0 Å². The molecule has 0 heterocycles. The summed E-state index contributed by atoms with van der Waals surface area (Å²) < 4.78 is 5.10. The molecule has 0 aromatic rings. The highest BCUT2D eigenvalue weighted by Gasteiger charge is 2.38. The minimum atomic E-state index is 0.182. The second kappa shape index (κ2) is 1.25. The zero-order chi connectivity index (χ0) is 5.33. The summed E-state index contributed by atoms with van der Waals surface area (Å²) >= 11 is 0. The van der Waals surface area contributed by atoms with E-state index < -0.39 is 0 Å². The molecular weight excluding hydrogens is 88.1 g/mol. The summed E-state index contributed by atoms with van der Waals surface area (Å²) in [4.78, 5) is 0. The van der Waals surface area contributed by atoms with Crippen molar-refractivity contribution in [2.24, 2.45) is 0 Å². The fraction of sp³-hybridized carbons (Fsp3) is 0.667. The summed E-state index contributed by atoms with van der Waals surface area (Å²) in [5, 5.41) is 0. The molecule has 1 rings (SSSR count). The number of ether oxygens (including phenoxy) is 1. The standard InChI is InChI=1S/C6H10O/c1-3-7-6(2)4-5-6/h3H,1,4-5H2,2H3. The van der Waals surface area contributed by atoms with Gasteiger partial charge in [-0.15, -0.1) is 0 Å². The Labute approximate surface area is 44.0 Å². The van der Waals surface area contributed by atoms with Crippen molar-refractivity contribution in [3.05, 3.63) is 12.8 Å². The van der Waals surface area contributed by atoms with E-state index in [1.807, 2.05) is 0 Å². The fourth-order valence-electron chi connectivity index (χ4n) is 0.495. The molecule has 1 fully saturated rings. The third-order valence-electron chi connectivity index (χ3n) is 1.32. The van der Waals surface area contributed by atoms with Gasteiger partial charge in [0.05, 0.1) is 6.26 Å². The Hall–Kier alpha value is -0.460. The quantitative estimate of drug-likeness (QED) is 0.477. The van der Waals surface area contributed by atoms with Crippen LogP contribution in [0.3, 0.4) is 0 Å². The van der Waals surface area contributed by atoms with Gasteiger partial charge in [0.1, 0.15) is 5.60 Å². The van der Waals surface area contributed by atoms with Crippen LogP contribution in [0.15, 0.2) is 12.8 Å². The van der Waals surface area contributed by atoms with Crippen molar-refractivity contribution in [2.45, 2.75) is 25.4 Å². The molecule has 1 aliphatic rings. The molecule has 1 heteroatoms. The molecule has 0 aliphatic heterocycles. The first-order valence-corrected chi connectivity index (χ1v) is 2.56. The third kappa shape index (κ3) is 0.952. The molecule has 0 aromatic heterocycles. The third-order valence-corrected chi connectivity index (χ3v) is 1.32. The van der Waals surface area contributed by atoms with E-state index in [0.717, 1.165) is 0 Å². The Balaban J connectivity index is 2.25. The molecule has 0 radical (unpaired) electrons. The van der Waals surface area contributed by atoms with E-state index in [1.165, 1.54) is 19.1 Å². The maximum atomic E-state index is 5.10. The van der Waals surface area contributed by atoms with Crippen LogP contribution in [0.25, 0.3) is 0 Å². The average Bonchev–Trinajstić information content (AvgIpc) is 2.22. The molecule has 0 unspecified atom stereocenters. The van der Waals surface area contributed by atoms with E-state index in [2.05, 4.69) is 13.5 Å². The van der Waals surface area contributed by atoms with Gasteiger partial charge in [0.15, 0.2) is 0 Å². The smallest absolute Gasteiger partial charge is 0.106 e. The molecule has 7 heavy (non-hydrogen) atoms. The minimum Gasteiger partial charge on any atom is -0.496 e. The molecule has 0 N–H and O–H groups in total. The summed E-state index contributed by atoms with van der Waals surface area (Å²) in [7, 11) is 0. The van der Waals surface area contributed by atoms with Gasteiger partial charge in [-0.2, -0.15) is 0 Å². The van der Waals surface area contributed by atoms with Crippen LogP contribution < -0.4 is 0 Å². The normalized spacial score (nSPS) is 23.6. The second-order valence-corrected chi connectivity index (χ2v) is 2.23. The Morgan fingerprint density at radius 2 is 2.29 bits per heavy atom. The first-order valence-electron chi connectivity index (χ1n) is 2.56. The number of hydrogen-bond donors (Lipinski definition) is 0. The van der Waals surface area contributed by atoms with Gasteiger partial charge in [0.2, 0.25) is 0 Å². The largest absolute Gasteiger partial charge is 0.496 e. The van der Waals surface area contributed by atoms with Gasteiger partial charge in [-0.3, -0.25) is 0 Å². The summed E-state index contributed by atoms with van der Waals surface area (Å²) in [5.74, 6) is 0. The van der Waals surface area contributed by atoms with E-state index in [1.54, 1.807) is 0 Å². The lowest BCUT2D eigenvalue weighted by molar-refractivity contribution is 0.141. The zero-order valence-electron chi connectivity index (χ0n) is 4.61. The molecule has 1 nitrogen and oxygen atoms in total. The molecule has 1 saturated carbocycles. The Bertz CT molecular complexity index is 82.2. The molecule has 0 atom stereocenters. The Kier molecular flexibility index (Phi) is 0.841. The van der Waals surface area contributed by atoms with Gasteiger partial charge >= 0.3 is 0 Å². The highest BCUT2D eigenvalue weighted by atomic mass is 16.5. The van der Waals surface area contributed by atoms with Crippen LogP contribution in [-0.4, -0.2) is 5.60 Å². The Morgan fingerprint density at radius 1 is 1.71 bits per heavy atom. The molecule has 0 bridgehead atoms. The lowest BCUT2D eigenvalue weighted by atomic mass is 10.4. The van der Waals surface area contributed by atoms with Crippen LogP contribution in [0.4, 0.5) is 0 Å². The van der Waals surface area contributed by atoms with Crippen molar-refractivity contribution in [3.8, 4) is 0 Å². The Morgan fingerprint density at radius 3 is 2.43 bits per heavy atom. The van der Waals surface area contributed by atoms with E-state index in [9.17, 15) is 0 Å². The van der Waals surface area contributed by atoms with Crippen LogP contribution in [0, 0.1) is 0 Å². The average molecular weight is 98.1 g/mol. The molecule has 0 saturated heterocycles. The van der Waals surface area contributed by atoms with Crippen LogP contribution in [0.5, 0.6) is 0 Å². The van der Waals surface area contributed by atoms with Gasteiger partial charge < -0.3 is 4.74 Å². The van der Waals surface area contributed by atoms with E-state index >= 15 is 0 Å².